The summed E-state index contributed by atoms with van der Waals surface area (Å²) in [6, 6.07) is 4.66. The zero-order valence-corrected chi connectivity index (χ0v) is 12.6. The minimum absolute atomic E-state index is 0.0209. The summed E-state index contributed by atoms with van der Waals surface area (Å²) in [5.74, 6) is 0. The van der Waals surface area contributed by atoms with Gasteiger partial charge in [-0.2, -0.15) is 0 Å². The highest BCUT2D eigenvalue weighted by Crippen LogP contribution is 2.28. The maximum absolute atomic E-state index is 11.0. The lowest BCUT2D eigenvalue weighted by atomic mass is 9.83. The molecule has 0 saturated carbocycles. The third-order valence-corrected chi connectivity index (χ3v) is 4.28. The van der Waals surface area contributed by atoms with Gasteiger partial charge in [-0.25, -0.2) is 0 Å². The quantitative estimate of drug-likeness (QED) is 0.571. The topological polar surface area (TPSA) is 75.4 Å². The van der Waals surface area contributed by atoms with E-state index in [1.807, 2.05) is 13.8 Å². The standard InChI is InChI=1S/C14H21ClN2O3/c1-3-14(4-2,10-18)9-16-8-11-12(15)6-5-7-13(11)17(19)20/h5-7,16,18H,3-4,8-10H2,1-2H3. The third kappa shape index (κ3) is 3.91. The molecule has 112 valence electrons. The fourth-order valence-electron chi connectivity index (χ4n) is 2.13. The van der Waals surface area contributed by atoms with Crippen LogP contribution in [0.25, 0.3) is 0 Å². The molecule has 0 saturated heterocycles. The predicted octanol–water partition coefficient (Wildman–Crippen LogP) is 3.14. The molecule has 0 radical (unpaired) electrons. The molecule has 0 heterocycles. The van der Waals surface area contributed by atoms with Crippen LogP contribution in [0.3, 0.4) is 0 Å². The lowest BCUT2D eigenvalue weighted by Crippen LogP contribution is -2.36. The molecule has 5 nitrogen and oxygen atoms in total. The summed E-state index contributed by atoms with van der Waals surface area (Å²) in [6.45, 7) is 5.06. The molecule has 2 N–H and O–H groups in total. The molecule has 1 aromatic carbocycles. The van der Waals surface area contributed by atoms with E-state index in [2.05, 4.69) is 5.32 Å². The Morgan fingerprint density at radius 3 is 2.55 bits per heavy atom. The molecule has 0 aromatic heterocycles. The van der Waals surface area contributed by atoms with Crippen molar-refractivity contribution in [2.75, 3.05) is 13.2 Å². The van der Waals surface area contributed by atoms with Crippen LogP contribution in [0, 0.1) is 15.5 Å². The summed E-state index contributed by atoms with van der Waals surface area (Å²) in [6.07, 6.45) is 1.69. The van der Waals surface area contributed by atoms with Crippen LogP contribution in [0.4, 0.5) is 5.69 Å². The number of nitro benzene ring substituents is 1. The third-order valence-electron chi connectivity index (χ3n) is 3.93. The van der Waals surface area contributed by atoms with Crippen molar-refractivity contribution in [3.63, 3.8) is 0 Å². The first-order chi connectivity index (χ1) is 9.49. The number of benzene rings is 1. The van der Waals surface area contributed by atoms with Gasteiger partial charge in [0.2, 0.25) is 0 Å². The van der Waals surface area contributed by atoms with E-state index in [-0.39, 0.29) is 17.7 Å². The molecular weight excluding hydrogens is 280 g/mol. The maximum Gasteiger partial charge on any atom is 0.275 e. The normalized spacial score (nSPS) is 11.6. The Balaban J connectivity index is 2.78. The molecule has 0 spiro atoms. The van der Waals surface area contributed by atoms with Crippen molar-refractivity contribution in [1.29, 1.82) is 0 Å². The molecule has 0 aliphatic carbocycles. The monoisotopic (exact) mass is 300 g/mol. The Labute approximate surface area is 124 Å². The average Bonchev–Trinajstić information content (AvgIpc) is 2.45. The van der Waals surface area contributed by atoms with Crippen molar-refractivity contribution < 1.29 is 10.0 Å². The van der Waals surface area contributed by atoms with Gasteiger partial charge in [-0.3, -0.25) is 10.1 Å². The first-order valence-corrected chi connectivity index (χ1v) is 7.11. The lowest BCUT2D eigenvalue weighted by molar-refractivity contribution is -0.385. The SMILES string of the molecule is CCC(CC)(CO)CNCc1c(Cl)cccc1[N+](=O)[O-]. The number of halogens is 1. The van der Waals surface area contributed by atoms with Crippen LogP contribution in [0.1, 0.15) is 32.3 Å². The summed E-state index contributed by atoms with van der Waals surface area (Å²) in [5.41, 5.74) is 0.321. The Kier molecular flexibility index (Phi) is 6.39. The Morgan fingerprint density at radius 2 is 2.05 bits per heavy atom. The van der Waals surface area contributed by atoms with E-state index in [9.17, 15) is 15.2 Å². The molecule has 0 amide bonds. The summed E-state index contributed by atoms with van der Waals surface area (Å²) in [4.78, 5) is 10.6. The summed E-state index contributed by atoms with van der Waals surface area (Å²) < 4.78 is 0. The molecule has 1 rings (SSSR count). The van der Waals surface area contributed by atoms with E-state index >= 15 is 0 Å². The molecule has 20 heavy (non-hydrogen) atoms. The Morgan fingerprint density at radius 1 is 1.40 bits per heavy atom. The number of nitro groups is 1. The van der Waals surface area contributed by atoms with Gasteiger partial charge in [-0.1, -0.05) is 31.5 Å². The molecule has 0 aliphatic heterocycles. The number of hydrogen-bond acceptors (Lipinski definition) is 4. The van der Waals surface area contributed by atoms with Crippen LogP contribution in [0.2, 0.25) is 5.02 Å². The van der Waals surface area contributed by atoms with Crippen molar-refractivity contribution >= 4 is 17.3 Å². The smallest absolute Gasteiger partial charge is 0.275 e. The number of nitrogens with one attached hydrogen (secondary N) is 1. The van der Waals surface area contributed by atoms with Gasteiger partial charge in [0.25, 0.3) is 5.69 Å². The number of aliphatic hydroxyl groups excluding tert-OH is 1. The van der Waals surface area contributed by atoms with Crippen molar-refractivity contribution in [2.45, 2.75) is 33.2 Å². The molecule has 6 heteroatoms. The van der Waals surface area contributed by atoms with Crippen LogP contribution < -0.4 is 5.32 Å². The van der Waals surface area contributed by atoms with Gasteiger partial charge in [0.15, 0.2) is 0 Å². The first-order valence-electron chi connectivity index (χ1n) is 6.73. The number of hydrogen-bond donors (Lipinski definition) is 2. The molecule has 0 unspecified atom stereocenters. The fraction of sp³-hybridized carbons (Fsp3) is 0.571. The number of rotatable bonds is 8. The zero-order chi connectivity index (χ0) is 15.2. The van der Waals surface area contributed by atoms with E-state index in [1.54, 1.807) is 12.1 Å². The second-order valence-corrected chi connectivity index (χ2v) is 5.37. The highest BCUT2D eigenvalue weighted by Gasteiger charge is 2.25. The van der Waals surface area contributed by atoms with Crippen LogP contribution in [-0.4, -0.2) is 23.2 Å². The van der Waals surface area contributed by atoms with Gasteiger partial charge in [0.1, 0.15) is 0 Å². The molecule has 0 atom stereocenters. The highest BCUT2D eigenvalue weighted by molar-refractivity contribution is 6.31. The Hall–Kier alpha value is -1.17. The minimum atomic E-state index is -0.429. The van der Waals surface area contributed by atoms with Crippen molar-refractivity contribution in [3.05, 3.63) is 38.9 Å². The first kappa shape index (κ1) is 16.9. The molecular formula is C14H21ClN2O3. The van der Waals surface area contributed by atoms with Gasteiger partial charge in [-0.05, 0) is 18.9 Å². The fourth-order valence-corrected chi connectivity index (χ4v) is 2.36. The van der Waals surface area contributed by atoms with Crippen LogP contribution in [0.5, 0.6) is 0 Å². The van der Waals surface area contributed by atoms with E-state index in [1.165, 1.54) is 6.07 Å². The summed E-state index contributed by atoms with van der Waals surface area (Å²) in [5, 5.41) is 24.0. The predicted molar refractivity (Wildman–Crippen MR) is 79.9 cm³/mol. The number of aliphatic hydroxyl groups is 1. The summed E-state index contributed by atoms with van der Waals surface area (Å²) >= 11 is 6.03. The van der Waals surface area contributed by atoms with Crippen molar-refractivity contribution in [1.82, 2.24) is 5.32 Å². The molecule has 1 aromatic rings. The van der Waals surface area contributed by atoms with Crippen LogP contribution in [-0.2, 0) is 6.54 Å². The van der Waals surface area contributed by atoms with Gasteiger partial charge < -0.3 is 10.4 Å². The molecule has 0 bridgehead atoms. The number of nitrogens with zero attached hydrogens (tertiary/aromatic N) is 1. The Bertz CT molecular complexity index is 453. The second-order valence-electron chi connectivity index (χ2n) is 4.96. The van der Waals surface area contributed by atoms with Crippen molar-refractivity contribution in [2.24, 2.45) is 5.41 Å². The van der Waals surface area contributed by atoms with E-state index in [0.717, 1.165) is 12.8 Å². The lowest BCUT2D eigenvalue weighted by Gasteiger charge is -2.29. The van der Waals surface area contributed by atoms with Gasteiger partial charge in [-0.15, -0.1) is 0 Å². The van der Waals surface area contributed by atoms with Gasteiger partial charge >= 0.3 is 0 Å². The van der Waals surface area contributed by atoms with Crippen LogP contribution in [0.15, 0.2) is 18.2 Å². The highest BCUT2D eigenvalue weighted by atomic mass is 35.5. The van der Waals surface area contributed by atoms with E-state index < -0.39 is 4.92 Å². The average molecular weight is 301 g/mol. The zero-order valence-electron chi connectivity index (χ0n) is 11.9. The molecule has 0 fully saturated rings. The van der Waals surface area contributed by atoms with E-state index in [0.29, 0.717) is 23.7 Å². The largest absolute Gasteiger partial charge is 0.396 e. The van der Waals surface area contributed by atoms with E-state index in [4.69, 9.17) is 11.6 Å². The second kappa shape index (κ2) is 7.57. The minimum Gasteiger partial charge on any atom is -0.396 e. The summed E-state index contributed by atoms with van der Waals surface area (Å²) in [7, 11) is 0. The van der Waals surface area contributed by atoms with Crippen molar-refractivity contribution in [3.8, 4) is 0 Å². The van der Waals surface area contributed by atoms with Gasteiger partial charge in [0.05, 0.1) is 15.5 Å². The van der Waals surface area contributed by atoms with Crippen LogP contribution >= 0.6 is 11.6 Å². The van der Waals surface area contributed by atoms with Gasteiger partial charge in [0, 0.05) is 31.2 Å². The maximum atomic E-state index is 11.0. The molecule has 0 aliphatic rings.